The molecule has 1 fully saturated rings. The lowest BCUT2D eigenvalue weighted by atomic mass is 9.90. The number of carbonyl (C=O) groups is 1. The Morgan fingerprint density at radius 1 is 1.32 bits per heavy atom. The fraction of sp³-hybridized carbons (Fsp3) is 0.650. The number of hydrogen-bond acceptors (Lipinski definition) is 4. The number of nitrogens with one attached hydrogen (secondary N) is 3. The Balaban J connectivity index is 1.88. The minimum absolute atomic E-state index is 0.0698. The predicted molar refractivity (Wildman–Crippen MR) is 108 cm³/mol. The molecule has 0 aromatic heterocycles. The van der Waals surface area contributed by atoms with Crippen molar-refractivity contribution in [1.29, 1.82) is 0 Å². The zero-order valence-electron chi connectivity index (χ0n) is 15.8. The van der Waals surface area contributed by atoms with Crippen molar-refractivity contribution in [3.63, 3.8) is 0 Å². The fourth-order valence-corrected chi connectivity index (χ4v) is 4.30. The molecule has 25 heavy (non-hydrogen) atoms. The van der Waals surface area contributed by atoms with E-state index in [1.54, 1.807) is 0 Å². The van der Waals surface area contributed by atoms with Gasteiger partial charge in [-0.1, -0.05) is 44.2 Å². The van der Waals surface area contributed by atoms with E-state index in [0.717, 1.165) is 30.9 Å². The third kappa shape index (κ3) is 6.32. The first-order valence-electron chi connectivity index (χ1n) is 9.49. The van der Waals surface area contributed by atoms with Crippen LogP contribution in [0.4, 0.5) is 0 Å². The molecule has 0 aliphatic carbocycles. The molecule has 140 valence electrons. The predicted octanol–water partition coefficient (Wildman–Crippen LogP) is 3.11. The van der Waals surface area contributed by atoms with Gasteiger partial charge in [-0.3, -0.25) is 4.79 Å². The molecular formula is C20H33N3OS. The van der Waals surface area contributed by atoms with Crippen molar-refractivity contribution in [2.24, 2.45) is 0 Å². The van der Waals surface area contributed by atoms with Crippen LogP contribution in [0.15, 0.2) is 30.3 Å². The first-order chi connectivity index (χ1) is 12.1. The van der Waals surface area contributed by atoms with Crippen molar-refractivity contribution in [1.82, 2.24) is 16.0 Å². The van der Waals surface area contributed by atoms with Gasteiger partial charge in [0.1, 0.15) is 0 Å². The molecule has 2 unspecified atom stereocenters. The zero-order chi connectivity index (χ0) is 18.1. The summed E-state index contributed by atoms with van der Waals surface area (Å²) < 4.78 is 0. The van der Waals surface area contributed by atoms with Gasteiger partial charge in [0, 0.05) is 48.6 Å². The van der Waals surface area contributed by atoms with Gasteiger partial charge < -0.3 is 16.0 Å². The maximum absolute atomic E-state index is 12.4. The van der Waals surface area contributed by atoms with Crippen LogP contribution < -0.4 is 16.0 Å². The highest BCUT2D eigenvalue weighted by Crippen LogP contribution is 2.21. The van der Waals surface area contributed by atoms with E-state index in [9.17, 15) is 4.79 Å². The molecule has 0 saturated carbocycles. The zero-order valence-corrected chi connectivity index (χ0v) is 16.6. The number of benzene rings is 1. The first kappa shape index (κ1) is 20.3. The van der Waals surface area contributed by atoms with Crippen molar-refractivity contribution in [2.45, 2.75) is 57.7 Å². The van der Waals surface area contributed by atoms with E-state index < -0.39 is 0 Å². The molecule has 5 heteroatoms. The van der Waals surface area contributed by atoms with Crippen molar-refractivity contribution in [2.75, 3.05) is 24.6 Å². The molecule has 4 nitrogen and oxygen atoms in total. The fourth-order valence-electron chi connectivity index (χ4n) is 3.35. The molecule has 1 aromatic rings. The minimum Gasteiger partial charge on any atom is -0.354 e. The Morgan fingerprint density at radius 3 is 2.64 bits per heavy atom. The standard InChI is InChI=1S/C20H33N3OS/c1-4-20(5-2,23-16(3)17-9-7-6-8-10-17)15-22-19(24)13-18-14-25-12-11-21-18/h6-10,16,18,21,23H,4-5,11-15H2,1-3H3,(H,22,24). The summed E-state index contributed by atoms with van der Waals surface area (Å²) in [6.45, 7) is 8.27. The normalized spacial score (nSPS) is 19.4. The van der Waals surface area contributed by atoms with Crippen molar-refractivity contribution >= 4 is 17.7 Å². The van der Waals surface area contributed by atoms with Crippen LogP contribution in [0, 0.1) is 0 Å². The number of hydrogen-bond donors (Lipinski definition) is 3. The highest BCUT2D eigenvalue weighted by molar-refractivity contribution is 7.99. The smallest absolute Gasteiger partial charge is 0.221 e. The summed E-state index contributed by atoms with van der Waals surface area (Å²) in [4.78, 5) is 12.4. The molecule has 1 amide bonds. The Hall–Kier alpha value is -1.04. The van der Waals surface area contributed by atoms with Crippen LogP contribution in [-0.4, -0.2) is 42.1 Å². The molecule has 0 radical (unpaired) electrons. The summed E-state index contributed by atoms with van der Waals surface area (Å²) in [7, 11) is 0. The van der Waals surface area contributed by atoms with Crippen LogP contribution in [0.5, 0.6) is 0 Å². The number of rotatable bonds is 9. The van der Waals surface area contributed by atoms with Crippen LogP contribution >= 0.6 is 11.8 Å². The van der Waals surface area contributed by atoms with E-state index >= 15 is 0 Å². The van der Waals surface area contributed by atoms with Crippen molar-refractivity contribution in [3.05, 3.63) is 35.9 Å². The van der Waals surface area contributed by atoms with E-state index in [4.69, 9.17) is 0 Å². The number of thioether (sulfide) groups is 1. The molecular weight excluding hydrogens is 330 g/mol. The second-order valence-electron chi connectivity index (χ2n) is 6.97. The first-order valence-corrected chi connectivity index (χ1v) is 10.6. The highest BCUT2D eigenvalue weighted by atomic mass is 32.2. The summed E-state index contributed by atoms with van der Waals surface area (Å²) in [5, 5.41) is 10.4. The van der Waals surface area contributed by atoms with Crippen LogP contribution in [0.1, 0.15) is 51.6 Å². The van der Waals surface area contributed by atoms with Crippen LogP contribution in [0.25, 0.3) is 0 Å². The maximum atomic E-state index is 12.4. The van der Waals surface area contributed by atoms with E-state index in [1.807, 2.05) is 17.8 Å². The lowest BCUT2D eigenvalue weighted by Gasteiger charge is -2.36. The second-order valence-corrected chi connectivity index (χ2v) is 8.12. The molecule has 3 N–H and O–H groups in total. The quantitative estimate of drug-likeness (QED) is 0.631. The van der Waals surface area contributed by atoms with Crippen LogP contribution in [-0.2, 0) is 4.79 Å². The molecule has 0 bridgehead atoms. The van der Waals surface area contributed by atoms with Gasteiger partial charge in [-0.2, -0.15) is 11.8 Å². The SMILES string of the molecule is CCC(CC)(CNC(=O)CC1CSCCN1)NC(C)c1ccccc1. The van der Waals surface area contributed by atoms with Gasteiger partial charge in [0.2, 0.25) is 5.91 Å². The molecule has 1 aliphatic heterocycles. The monoisotopic (exact) mass is 363 g/mol. The van der Waals surface area contributed by atoms with Gasteiger partial charge >= 0.3 is 0 Å². The molecule has 1 aromatic carbocycles. The van der Waals surface area contributed by atoms with E-state index in [0.29, 0.717) is 19.0 Å². The van der Waals surface area contributed by atoms with Crippen molar-refractivity contribution in [3.8, 4) is 0 Å². The topological polar surface area (TPSA) is 53.2 Å². The average Bonchev–Trinajstić information content (AvgIpc) is 2.66. The molecule has 2 atom stereocenters. The van der Waals surface area contributed by atoms with Gasteiger partial charge in [0.05, 0.1) is 0 Å². The number of carbonyl (C=O) groups excluding carboxylic acids is 1. The van der Waals surface area contributed by atoms with E-state index in [-0.39, 0.29) is 17.5 Å². The van der Waals surface area contributed by atoms with E-state index in [1.165, 1.54) is 5.56 Å². The van der Waals surface area contributed by atoms with Crippen LogP contribution in [0.3, 0.4) is 0 Å². The molecule has 1 heterocycles. The average molecular weight is 364 g/mol. The van der Waals surface area contributed by atoms with Gasteiger partial charge in [0.25, 0.3) is 0 Å². The number of amides is 1. The third-order valence-electron chi connectivity index (χ3n) is 5.23. The maximum Gasteiger partial charge on any atom is 0.221 e. The van der Waals surface area contributed by atoms with Gasteiger partial charge in [-0.25, -0.2) is 0 Å². The summed E-state index contributed by atoms with van der Waals surface area (Å²) in [5.74, 6) is 2.33. The van der Waals surface area contributed by atoms with Gasteiger partial charge in [-0.05, 0) is 25.3 Å². The second kappa shape index (κ2) is 10.2. The third-order valence-corrected chi connectivity index (χ3v) is 6.36. The lowest BCUT2D eigenvalue weighted by molar-refractivity contribution is -0.121. The van der Waals surface area contributed by atoms with Crippen LogP contribution in [0.2, 0.25) is 0 Å². The highest BCUT2D eigenvalue weighted by Gasteiger charge is 2.29. The molecule has 1 saturated heterocycles. The summed E-state index contributed by atoms with van der Waals surface area (Å²) >= 11 is 1.93. The van der Waals surface area contributed by atoms with E-state index in [2.05, 4.69) is 61.0 Å². The Morgan fingerprint density at radius 2 is 2.04 bits per heavy atom. The largest absolute Gasteiger partial charge is 0.354 e. The molecule has 1 aliphatic rings. The summed E-state index contributed by atoms with van der Waals surface area (Å²) in [6, 6.07) is 11.1. The summed E-state index contributed by atoms with van der Waals surface area (Å²) in [6.07, 6.45) is 2.54. The molecule has 2 rings (SSSR count). The van der Waals surface area contributed by atoms with Gasteiger partial charge in [0.15, 0.2) is 0 Å². The van der Waals surface area contributed by atoms with Crippen molar-refractivity contribution < 1.29 is 4.79 Å². The Kier molecular flexibility index (Phi) is 8.27. The van der Waals surface area contributed by atoms with Gasteiger partial charge in [-0.15, -0.1) is 0 Å². The lowest BCUT2D eigenvalue weighted by Crippen LogP contribution is -2.54. The Bertz CT molecular complexity index is 513. The molecule has 0 spiro atoms. The summed E-state index contributed by atoms with van der Waals surface area (Å²) in [5.41, 5.74) is 1.21. The minimum atomic E-state index is -0.0698. The Labute approximate surface area is 156 Å².